The average molecular weight is 760 g/mol. The zero-order valence-electron chi connectivity index (χ0n) is 33.8. The van der Waals surface area contributed by atoms with Crippen LogP contribution in [0.15, 0.2) is 12.2 Å². The van der Waals surface area contributed by atoms with Crippen molar-refractivity contribution in [3.05, 3.63) is 12.2 Å². The summed E-state index contributed by atoms with van der Waals surface area (Å²) in [6.07, 6.45) is 28.2. The van der Waals surface area contributed by atoms with Crippen LogP contribution in [0.1, 0.15) is 168 Å². The molecule has 1 aliphatic heterocycles. The van der Waals surface area contributed by atoms with Gasteiger partial charge in [-0.05, 0) is 38.5 Å². The second kappa shape index (κ2) is 38.7. The Morgan fingerprint density at radius 2 is 1.09 bits per heavy atom. The maximum absolute atomic E-state index is 11.7. The van der Waals surface area contributed by atoms with Crippen LogP contribution in [0.25, 0.3) is 0 Å². The first-order valence-electron chi connectivity index (χ1n) is 21.4. The van der Waals surface area contributed by atoms with Crippen LogP contribution in [0.4, 0.5) is 0 Å². The highest BCUT2D eigenvalue weighted by atomic mass is 16.6. The Morgan fingerprint density at radius 3 is 1.53 bits per heavy atom. The highest BCUT2D eigenvalue weighted by Gasteiger charge is 2.39. The minimum Gasteiger partial charge on any atom is -0.464 e. The summed E-state index contributed by atoms with van der Waals surface area (Å²) < 4.78 is 15.3. The SMILES string of the molecule is CCCCCCCC/C=C\CCCCCCCC(=O)OCCN(CCO)CCO.CCCCCCCCCCCC(=O)OC[C@@H](O)[C@H]1OC[C@H](O)[C@H]1O. The van der Waals surface area contributed by atoms with Gasteiger partial charge < -0.3 is 39.7 Å². The molecule has 1 rings (SSSR count). The normalized spacial score (nSPS) is 17.6. The van der Waals surface area contributed by atoms with E-state index in [0.717, 1.165) is 32.1 Å². The van der Waals surface area contributed by atoms with Crippen molar-refractivity contribution in [2.24, 2.45) is 0 Å². The first-order valence-corrected chi connectivity index (χ1v) is 21.4. The molecule has 0 unspecified atom stereocenters. The van der Waals surface area contributed by atoms with Crippen LogP contribution in [-0.2, 0) is 23.8 Å². The van der Waals surface area contributed by atoms with Gasteiger partial charge in [-0.3, -0.25) is 14.5 Å². The number of hydrogen-bond acceptors (Lipinski definition) is 11. The summed E-state index contributed by atoms with van der Waals surface area (Å²) in [5.41, 5.74) is 0. The molecule has 0 aromatic rings. The van der Waals surface area contributed by atoms with Gasteiger partial charge in [-0.2, -0.15) is 0 Å². The molecule has 4 atom stereocenters. The van der Waals surface area contributed by atoms with Crippen LogP contribution in [0, 0.1) is 0 Å². The predicted octanol–water partition coefficient (Wildman–Crippen LogP) is 6.79. The first kappa shape index (κ1) is 51.4. The quantitative estimate of drug-likeness (QED) is 0.0263. The zero-order chi connectivity index (χ0) is 39.2. The Labute approximate surface area is 322 Å². The molecule has 0 aromatic heterocycles. The average Bonchev–Trinajstić information content (AvgIpc) is 3.49. The number of allylic oxidation sites excluding steroid dienone is 2. The second-order valence-corrected chi connectivity index (χ2v) is 14.5. The summed E-state index contributed by atoms with van der Waals surface area (Å²) >= 11 is 0. The molecule has 1 heterocycles. The number of hydrogen-bond donors (Lipinski definition) is 5. The molecular weight excluding hydrogens is 678 g/mol. The monoisotopic (exact) mass is 760 g/mol. The van der Waals surface area contributed by atoms with Crippen molar-refractivity contribution >= 4 is 11.9 Å². The molecule has 0 aromatic carbocycles. The fourth-order valence-electron chi connectivity index (χ4n) is 6.21. The number of rotatable bonds is 35. The molecule has 314 valence electrons. The van der Waals surface area contributed by atoms with Crippen LogP contribution >= 0.6 is 0 Å². The van der Waals surface area contributed by atoms with E-state index in [4.69, 9.17) is 24.4 Å². The molecule has 1 aliphatic rings. The van der Waals surface area contributed by atoms with Crippen molar-refractivity contribution in [2.45, 2.75) is 192 Å². The molecular formula is C42H81NO10. The summed E-state index contributed by atoms with van der Waals surface area (Å²) in [5.74, 6) is -0.486. The smallest absolute Gasteiger partial charge is 0.305 e. The lowest BCUT2D eigenvalue weighted by Gasteiger charge is -2.20. The van der Waals surface area contributed by atoms with Crippen molar-refractivity contribution in [1.29, 1.82) is 0 Å². The lowest BCUT2D eigenvalue weighted by molar-refractivity contribution is -0.151. The van der Waals surface area contributed by atoms with Crippen molar-refractivity contribution < 1.29 is 49.3 Å². The molecule has 1 saturated heterocycles. The van der Waals surface area contributed by atoms with E-state index in [-0.39, 0.29) is 38.4 Å². The molecule has 0 radical (unpaired) electrons. The third-order valence-electron chi connectivity index (χ3n) is 9.61. The molecule has 11 heteroatoms. The summed E-state index contributed by atoms with van der Waals surface area (Å²) in [6, 6.07) is 0. The fraction of sp³-hybridized carbons (Fsp3) is 0.905. The first-order chi connectivity index (χ1) is 25.8. The van der Waals surface area contributed by atoms with E-state index in [0.29, 0.717) is 39.1 Å². The van der Waals surface area contributed by atoms with E-state index in [9.17, 15) is 24.9 Å². The molecule has 5 N–H and O–H groups in total. The van der Waals surface area contributed by atoms with Gasteiger partial charge >= 0.3 is 11.9 Å². The van der Waals surface area contributed by atoms with Gasteiger partial charge in [0.25, 0.3) is 0 Å². The molecule has 11 nitrogen and oxygen atoms in total. The Balaban J connectivity index is 0.00000104. The standard InChI is InChI=1S/C24H47NO4.C18H34O6/c1-2-3-4-5-6-7-8-9-10-11-12-13-14-15-16-17-24(28)29-23-20-25(18-21-26)19-22-27;1-2-3-4-5-6-7-8-9-10-11-16(21)23-13-15(20)18-17(22)14(19)12-24-18/h9-10,26-27H,2-8,11-23H2,1H3;14-15,17-20,22H,2-13H2,1H3/b10-9-;/t;14-,15+,17+,18+/m.0/s1. The molecule has 53 heavy (non-hydrogen) atoms. The van der Waals surface area contributed by atoms with Crippen molar-refractivity contribution in [3.8, 4) is 0 Å². The highest BCUT2D eigenvalue weighted by Crippen LogP contribution is 2.18. The van der Waals surface area contributed by atoms with Gasteiger partial charge in [-0.15, -0.1) is 0 Å². The lowest BCUT2D eigenvalue weighted by atomic mass is 10.1. The van der Waals surface area contributed by atoms with E-state index in [1.54, 1.807) is 0 Å². The van der Waals surface area contributed by atoms with Gasteiger partial charge in [0.2, 0.25) is 0 Å². The molecule has 0 amide bonds. The van der Waals surface area contributed by atoms with Crippen LogP contribution < -0.4 is 0 Å². The Hall–Kier alpha value is -1.60. The third kappa shape index (κ3) is 32.4. The second-order valence-electron chi connectivity index (χ2n) is 14.5. The number of aliphatic hydroxyl groups is 5. The van der Waals surface area contributed by atoms with Gasteiger partial charge in [0, 0.05) is 32.5 Å². The van der Waals surface area contributed by atoms with E-state index in [1.807, 2.05) is 4.90 Å². The number of esters is 2. The van der Waals surface area contributed by atoms with Gasteiger partial charge in [0.1, 0.15) is 37.6 Å². The van der Waals surface area contributed by atoms with Gasteiger partial charge in [-0.25, -0.2) is 0 Å². The Morgan fingerprint density at radius 1 is 0.660 bits per heavy atom. The number of carbonyl (C=O) groups excluding carboxylic acids is 2. The maximum Gasteiger partial charge on any atom is 0.305 e. The Bertz CT molecular complexity index is 839. The predicted molar refractivity (Wildman–Crippen MR) is 212 cm³/mol. The molecule has 1 fully saturated rings. The summed E-state index contributed by atoms with van der Waals surface area (Å²) in [7, 11) is 0. The van der Waals surface area contributed by atoms with Crippen molar-refractivity contribution in [1.82, 2.24) is 4.90 Å². The van der Waals surface area contributed by atoms with Crippen LogP contribution in [0.2, 0.25) is 0 Å². The van der Waals surface area contributed by atoms with Gasteiger partial charge in [0.15, 0.2) is 0 Å². The van der Waals surface area contributed by atoms with Crippen molar-refractivity contribution in [2.75, 3.05) is 52.7 Å². The van der Waals surface area contributed by atoms with E-state index in [1.165, 1.54) is 109 Å². The number of carbonyl (C=O) groups is 2. The van der Waals surface area contributed by atoms with Crippen molar-refractivity contribution in [3.63, 3.8) is 0 Å². The number of ether oxygens (including phenoxy) is 3. The third-order valence-corrected chi connectivity index (χ3v) is 9.61. The van der Waals surface area contributed by atoms with Crippen LogP contribution in [0.5, 0.6) is 0 Å². The maximum atomic E-state index is 11.7. The number of unbranched alkanes of at least 4 members (excludes halogenated alkanes) is 19. The Kier molecular flexibility index (Phi) is 37.5. The minimum atomic E-state index is -1.14. The van der Waals surface area contributed by atoms with E-state index < -0.39 is 24.4 Å². The van der Waals surface area contributed by atoms with Gasteiger partial charge in [0.05, 0.1) is 19.8 Å². The minimum absolute atomic E-state index is 0.0186. The summed E-state index contributed by atoms with van der Waals surface area (Å²) in [6.45, 7) is 6.19. The largest absolute Gasteiger partial charge is 0.464 e. The molecule has 0 aliphatic carbocycles. The highest BCUT2D eigenvalue weighted by molar-refractivity contribution is 5.69. The molecule has 0 bridgehead atoms. The summed E-state index contributed by atoms with van der Waals surface area (Å²) in [4.78, 5) is 25.2. The molecule has 0 spiro atoms. The number of aliphatic hydroxyl groups excluding tert-OH is 5. The van der Waals surface area contributed by atoms with Crippen LogP contribution in [0.3, 0.4) is 0 Å². The lowest BCUT2D eigenvalue weighted by Crippen LogP contribution is -2.41. The van der Waals surface area contributed by atoms with E-state index >= 15 is 0 Å². The van der Waals surface area contributed by atoms with E-state index in [2.05, 4.69) is 26.0 Å². The number of nitrogens with zero attached hydrogens (tertiary/aromatic N) is 1. The zero-order valence-corrected chi connectivity index (χ0v) is 33.8. The molecule has 0 saturated carbocycles. The van der Waals surface area contributed by atoms with Crippen LogP contribution in [-0.4, -0.2) is 119 Å². The summed E-state index contributed by atoms with van der Waals surface area (Å²) in [5, 5.41) is 46.7. The van der Waals surface area contributed by atoms with Gasteiger partial charge in [-0.1, -0.05) is 129 Å². The topological polar surface area (TPSA) is 166 Å². The fourth-order valence-corrected chi connectivity index (χ4v) is 6.21.